The minimum Gasteiger partial charge on any atom is -0.394 e. The van der Waals surface area contributed by atoms with Crippen LogP contribution in [0.1, 0.15) is 29.9 Å². The van der Waals surface area contributed by atoms with E-state index in [0.717, 1.165) is 39.7 Å². The molecule has 0 fully saturated rings. The van der Waals surface area contributed by atoms with E-state index >= 15 is 0 Å². The number of rotatable bonds is 7. The Balaban J connectivity index is 1.57. The molecule has 4 aromatic rings. The van der Waals surface area contributed by atoms with Gasteiger partial charge in [0.25, 0.3) is 11.6 Å². The normalized spacial score (nSPS) is 18.5. The molecule has 1 N–H and O–H groups in total. The predicted molar refractivity (Wildman–Crippen MR) is 167 cm³/mol. The highest BCUT2D eigenvalue weighted by Gasteiger charge is 2.35. The van der Waals surface area contributed by atoms with Crippen molar-refractivity contribution in [2.24, 2.45) is 13.0 Å². The number of likely N-dealkylation sites (N-methyl/N-ethyl adjacent to an activating group) is 1. The number of benzene rings is 3. The number of para-hydroxylation sites is 1. The van der Waals surface area contributed by atoms with E-state index in [1.54, 1.807) is 11.8 Å². The van der Waals surface area contributed by atoms with Crippen LogP contribution in [0.4, 0.5) is 5.69 Å². The van der Waals surface area contributed by atoms with Gasteiger partial charge in [0.2, 0.25) is 10.0 Å². The summed E-state index contributed by atoms with van der Waals surface area (Å²) in [7, 11) is -0.710. The average Bonchev–Trinajstić information content (AvgIpc) is 3.31. The first-order chi connectivity index (χ1) is 20.9. The van der Waals surface area contributed by atoms with Crippen LogP contribution in [-0.2, 0) is 28.4 Å². The molecule has 1 aliphatic heterocycles. The van der Waals surface area contributed by atoms with Crippen molar-refractivity contribution in [3.63, 3.8) is 0 Å². The molecule has 12 heteroatoms. The van der Waals surface area contributed by atoms with Crippen LogP contribution in [0, 0.1) is 16.0 Å². The maximum absolute atomic E-state index is 14.5. The predicted octanol–water partition coefficient (Wildman–Crippen LogP) is 4.43. The smallest absolute Gasteiger partial charge is 0.271 e. The van der Waals surface area contributed by atoms with E-state index in [1.807, 2.05) is 67.1 Å². The van der Waals surface area contributed by atoms with Crippen molar-refractivity contribution in [3.8, 4) is 11.1 Å². The highest BCUT2D eigenvalue weighted by atomic mass is 32.2. The lowest BCUT2D eigenvalue weighted by Crippen LogP contribution is -2.48. The van der Waals surface area contributed by atoms with Gasteiger partial charge in [-0.2, -0.15) is 4.31 Å². The zero-order chi connectivity index (χ0) is 31.8. The highest BCUT2D eigenvalue weighted by Crippen LogP contribution is 2.38. The lowest BCUT2D eigenvalue weighted by molar-refractivity contribution is -0.384. The number of nitrogens with zero attached hydrogens (tertiary/aromatic N) is 4. The molecule has 1 aromatic heterocycles. The molecule has 1 aliphatic rings. The molecule has 44 heavy (non-hydrogen) atoms. The van der Waals surface area contributed by atoms with Crippen molar-refractivity contribution in [1.29, 1.82) is 0 Å². The van der Waals surface area contributed by atoms with Gasteiger partial charge in [-0.15, -0.1) is 0 Å². The first kappa shape index (κ1) is 31.3. The van der Waals surface area contributed by atoms with Crippen molar-refractivity contribution < 1.29 is 28.0 Å². The van der Waals surface area contributed by atoms with Crippen LogP contribution in [0.25, 0.3) is 22.0 Å². The van der Waals surface area contributed by atoms with E-state index in [4.69, 9.17) is 4.74 Å². The molecular weight excluding hydrogens is 584 g/mol. The summed E-state index contributed by atoms with van der Waals surface area (Å²) < 4.78 is 36.5. The third-order valence-corrected chi connectivity index (χ3v) is 10.3. The first-order valence-electron chi connectivity index (χ1n) is 14.4. The zero-order valence-corrected chi connectivity index (χ0v) is 25.9. The molecule has 5 rings (SSSR count). The molecule has 0 spiro atoms. The molecule has 0 radical (unpaired) electrons. The summed E-state index contributed by atoms with van der Waals surface area (Å²) in [4.78, 5) is 26.5. The SMILES string of the molecule is C[C@H]1CN([C@@H](C)CO)C(=O)c2c(c3ccccc3n2C)-c2ccccc2CO[C@H]1CN(C)S(=O)(=O)c1ccc([N+](=O)[O-])cc1. The van der Waals surface area contributed by atoms with Gasteiger partial charge in [-0.05, 0) is 36.2 Å². The Labute approximate surface area is 256 Å². The largest absolute Gasteiger partial charge is 0.394 e. The van der Waals surface area contributed by atoms with Gasteiger partial charge in [0.1, 0.15) is 5.69 Å². The summed E-state index contributed by atoms with van der Waals surface area (Å²) in [6.45, 7) is 3.76. The number of sulfonamides is 1. The van der Waals surface area contributed by atoms with Crippen LogP contribution in [-0.4, -0.2) is 77.0 Å². The molecule has 0 saturated carbocycles. The van der Waals surface area contributed by atoms with E-state index in [2.05, 4.69) is 0 Å². The Hall–Kier alpha value is -4.10. The summed E-state index contributed by atoms with van der Waals surface area (Å²) in [6.07, 6.45) is -0.639. The molecule has 1 amide bonds. The number of ether oxygens (including phenoxy) is 1. The van der Waals surface area contributed by atoms with E-state index in [9.17, 15) is 28.4 Å². The topological polar surface area (TPSA) is 135 Å². The second kappa shape index (κ2) is 12.5. The lowest BCUT2D eigenvalue weighted by Gasteiger charge is -2.35. The van der Waals surface area contributed by atoms with Crippen molar-refractivity contribution in [2.45, 2.75) is 37.5 Å². The van der Waals surface area contributed by atoms with Crippen LogP contribution in [0.5, 0.6) is 0 Å². The zero-order valence-electron chi connectivity index (χ0n) is 25.1. The third kappa shape index (κ3) is 5.73. The average molecular weight is 621 g/mol. The first-order valence-corrected chi connectivity index (χ1v) is 15.8. The van der Waals surface area contributed by atoms with Crippen molar-refractivity contribution in [3.05, 3.63) is 94.2 Å². The molecule has 0 unspecified atom stereocenters. The summed E-state index contributed by atoms with van der Waals surface area (Å²) in [6, 6.07) is 19.8. The lowest BCUT2D eigenvalue weighted by atomic mass is 9.96. The molecule has 0 saturated heterocycles. The van der Waals surface area contributed by atoms with Crippen LogP contribution in [0.15, 0.2) is 77.7 Å². The quantitative estimate of drug-likeness (QED) is 0.239. The maximum Gasteiger partial charge on any atom is 0.271 e. The molecule has 11 nitrogen and oxygen atoms in total. The number of carbonyl (C=O) groups is 1. The summed E-state index contributed by atoms with van der Waals surface area (Å²) in [5, 5.41) is 22.2. The number of amides is 1. The number of aromatic nitrogens is 1. The van der Waals surface area contributed by atoms with Crippen LogP contribution in [0.2, 0.25) is 0 Å². The fourth-order valence-corrected chi connectivity index (χ4v) is 6.98. The Morgan fingerprint density at radius 1 is 1.09 bits per heavy atom. The number of aliphatic hydroxyl groups excluding tert-OH is 1. The minimum atomic E-state index is -4.01. The number of carbonyl (C=O) groups excluding carboxylic acids is 1. The van der Waals surface area contributed by atoms with Gasteiger partial charge in [0.15, 0.2) is 0 Å². The van der Waals surface area contributed by atoms with Crippen molar-refractivity contribution >= 4 is 32.5 Å². The van der Waals surface area contributed by atoms with E-state index < -0.39 is 27.1 Å². The molecule has 0 aliphatic carbocycles. The molecule has 3 atom stereocenters. The standard InChI is InChI=1S/C32H36N4O7S/c1-21-17-35(22(2)19-37)32(38)31-30(27-11-7-8-12-28(27)34(31)4)26-10-6-5-9-23(26)20-43-29(21)18-33(3)44(41,42)25-15-13-24(14-16-25)36(39)40/h5-16,21-22,29,37H,17-20H2,1-4H3/t21-,22-,29-/m0/s1. The molecule has 0 bridgehead atoms. The molecule has 2 heterocycles. The minimum absolute atomic E-state index is 0.0337. The van der Waals surface area contributed by atoms with E-state index in [0.29, 0.717) is 5.69 Å². The Morgan fingerprint density at radius 2 is 1.75 bits per heavy atom. The van der Waals surface area contributed by atoms with Crippen molar-refractivity contribution in [2.75, 3.05) is 26.7 Å². The second-order valence-electron chi connectivity index (χ2n) is 11.3. The van der Waals surface area contributed by atoms with Gasteiger partial charge in [-0.25, -0.2) is 8.42 Å². The number of nitro groups is 1. The fourth-order valence-electron chi connectivity index (χ4n) is 5.80. The number of aliphatic hydroxyl groups is 1. The number of hydrogen-bond donors (Lipinski definition) is 1. The maximum atomic E-state index is 14.5. The molecule has 3 aromatic carbocycles. The Kier molecular flexibility index (Phi) is 8.89. The van der Waals surface area contributed by atoms with E-state index in [-0.39, 0.29) is 48.7 Å². The van der Waals surface area contributed by atoms with Gasteiger partial charge in [-0.1, -0.05) is 49.4 Å². The van der Waals surface area contributed by atoms with Gasteiger partial charge < -0.3 is 19.3 Å². The number of nitro benzene ring substituents is 1. The summed E-state index contributed by atoms with van der Waals surface area (Å²) >= 11 is 0. The van der Waals surface area contributed by atoms with Crippen LogP contribution < -0.4 is 0 Å². The number of hydrogen-bond acceptors (Lipinski definition) is 7. The van der Waals surface area contributed by atoms with Gasteiger partial charge in [-0.3, -0.25) is 14.9 Å². The Bertz CT molecular complexity index is 1800. The van der Waals surface area contributed by atoms with Crippen molar-refractivity contribution in [1.82, 2.24) is 13.8 Å². The second-order valence-corrected chi connectivity index (χ2v) is 13.4. The molecular formula is C32H36N4O7S. The van der Waals surface area contributed by atoms with Crippen LogP contribution >= 0.6 is 0 Å². The van der Waals surface area contributed by atoms with Crippen LogP contribution in [0.3, 0.4) is 0 Å². The van der Waals surface area contributed by atoms with Gasteiger partial charge >= 0.3 is 0 Å². The number of fused-ring (bicyclic) bond motifs is 5. The Morgan fingerprint density at radius 3 is 2.43 bits per heavy atom. The number of aryl methyl sites for hydroxylation is 1. The molecule has 232 valence electrons. The fraction of sp³-hybridized carbons (Fsp3) is 0.344. The van der Waals surface area contributed by atoms with Gasteiger partial charge in [0.05, 0.1) is 35.2 Å². The number of non-ortho nitro benzene ring substituents is 1. The van der Waals surface area contributed by atoms with Gasteiger partial charge in [0, 0.05) is 61.7 Å². The summed E-state index contributed by atoms with van der Waals surface area (Å²) in [5.74, 6) is -0.583. The highest BCUT2D eigenvalue weighted by molar-refractivity contribution is 7.89. The van der Waals surface area contributed by atoms with E-state index in [1.165, 1.54) is 23.5 Å². The third-order valence-electron chi connectivity index (χ3n) is 8.42. The monoisotopic (exact) mass is 620 g/mol. The summed E-state index contributed by atoms with van der Waals surface area (Å²) in [5.41, 5.74) is 3.67.